The van der Waals surface area contributed by atoms with Crippen molar-refractivity contribution >= 4 is 0 Å². The van der Waals surface area contributed by atoms with E-state index in [-0.39, 0.29) is 5.82 Å². The predicted octanol–water partition coefficient (Wildman–Crippen LogP) is 1.80. The molecule has 62 valence electrons. The van der Waals surface area contributed by atoms with Crippen LogP contribution in [0, 0.1) is 25.1 Å². The van der Waals surface area contributed by atoms with Crippen molar-refractivity contribution in [2.75, 3.05) is 0 Å². The number of aliphatic hydroxyl groups is 1. The van der Waals surface area contributed by atoms with E-state index in [0.29, 0.717) is 11.1 Å². The largest absolute Gasteiger partial charge is 0.376 e. The summed E-state index contributed by atoms with van der Waals surface area (Å²) in [6.45, 7) is 1.63. The predicted molar refractivity (Wildman–Crippen MR) is 44.9 cm³/mol. The molecule has 2 heteroatoms. The lowest BCUT2D eigenvalue weighted by atomic mass is 10.1. The molecule has 0 aliphatic carbocycles. The number of hydrogen-bond acceptors (Lipinski definition) is 1. The molecular formula is C10H9FO. The van der Waals surface area contributed by atoms with Gasteiger partial charge in [-0.1, -0.05) is 12.0 Å². The zero-order chi connectivity index (χ0) is 9.14. The van der Waals surface area contributed by atoms with Crippen LogP contribution in [0.3, 0.4) is 0 Å². The lowest BCUT2D eigenvalue weighted by molar-refractivity contribution is 0.238. The number of halogens is 1. The number of terminal acetylenes is 1. The van der Waals surface area contributed by atoms with E-state index in [9.17, 15) is 9.50 Å². The summed E-state index contributed by atoms with van der Waals surface area (Å²) in [5.41, 5.74) is 1.04. The minimum absolute atomic E-state index is 0.289. The van der Waals surface area contributed by atoms with Crippen molar-refractivity contribution in [2.45, 2.75) is 13.0 Å². The second-order valence-electron chi connectivity index (χ2n) is 2.58. The summed E-state index contributed by atoms with van der Waals surface area (Å²) >= 11 is 0. The quantitative estimate of drug-likeness (QED) is 0.627. The molecule has 0 aromatic heterocycles. The molecule has 1 atom stereocenters. The molecule has 0 heterocycles. The minimum atomic E-state index is -0.940. The molecule has 0 fully saturated rings. The average molecular weight is 164 g/mol. The molecule has 0 aliphatic heterocycles. The molecule has 0 radical (unpaired) electrons. The molecule has 0 aliphatic rings. The topological polar surface area (TPSA) is 20.2 Å². The maximum absolute atomic E-state index is 12.7. The van der Waals surface area contributed by atoms with E-state index >= 15 is 0 Å². The molecule has 0 saturated heterocycles. The Balaban J connectivity index is 3.06. The van der Waals surface area contributed by atoms with E-state index in [1.165, 1.54) is 12.1 Å². The molecule has 0 saturated carbocycles. The van der Waals surface area contributed by atoms with Crippen molar-refractivity contribution in [3.8, 4) is 12.3 Å². The first kappa shape index (κ1) is 8.76. The Morgan fingerprint density at radius 3 is 2.75 bits per heavy atom. The highest BCUT2D eigenvalue weighted by molar-refractivity contribution is 5.28. The highest BCUT2D eigenvalue weighted by atomic mass is 19.1. The summed E-state index contributed by atoms with van der Waals surface area (Å²) in [4.78, 5) is 0. The molecule has 1 aromatic carbocycles. The van der Waals surface area contributed by atoms with Crippen LogP contribution in [0.15, 0.2) is 18.2 Å². The smallest absolute Gasteiger partial charge is 0.139 e. The Hall–Kier alpha value is -1.33. The first-order valence-electron chi connectivity index (χ1n) is 3.55. The molecule has 12 heavy (non-hydrogen) atoms. The van der Waals surface area contributed by atoms with Crippen LogP contribution >= 0.6 is 0 Å². The fourth-order valence-corrected chi connectivity index (χ4v) is 0.934. The van der Waals surface area contributed by atoms with Gasteiger partial charge in [-0.15, -0.1) is 6.42 Å². The van der Waals surface area contributed by atoms with E-state index in [1.807, 2.05) is 0 Å². The highest BCUT2D eigenvalue weighted by Crippen LogP contribution is 2.15. The van der Waals surface area contributed by atoms with Gasteiger partial charge in [0.15, 0.2) is 0 Å². The minimum Gasteiger partial charge on any atom is -0.376 e. The van der Waals surface area contributed by atoms with Crippen LogP contribution in [0.4, 0.5) is 4.39 Å². The summed E-state index contributed by atoms with van der Waals surface area (Å²) in [5.74, 6) is 1.87. The number of benzene rings is 1. The summed E-state index contributed by atoms with van der Waals surface area (Å²) in [7, 11) is 0. The summed E-state index contributed by atoms with van der Waals surface area (Å²) in [6, 6.07) is 4.32. The zero-order valence-corrected chi connectivity index (χ0v) is 6.71. The molecular weight excluding hydrogens is 155 g/mol. The van der Waals surface area contributed by atoms with Gasteiger partial charge in [-0.3, -0.25) is 0 Å². The lowest BCUT2D eigenvalue weighted by Gasteiger charge is -2.04. The van der Waals surface area contributed by atoms with Crippen LogP contribution in [0.1, 0.15) is 17.2 Å². The monoisotopic (exact) mass is 164 g/mol. The molecule has 0 unspecified atom stereocenters. The molecule has 1 N–H and O–H groups in total. The van der Waals surface area contributed by atoms with E-state index in [4.69, 9.17) is 6.42 Å². The SMILES string of the molecule is C#C[C@@H](O)c1ccc(F)c(C)c1. The zero-order valence-electron chi connectivity index (χ0n) is 6.71. The molecule has 1 nitrogen and oxygen atoms in total. The Morgan fingerprint density at radius 2 is 2.25 bits per heavy atom. The first-order valence-corrected chi connectivity index (χ1v) is 3.55. The summed E-state index contributed by atoms with van der Waals surface area (Å²) < 4.78 is 12.7. The maximum Gasteiger partial charge on any atom is 0.139 e. The van der Waals surface area contributed by atoms with E-state index in [0.717, 1.165) is 0 Å². The number of hydrogen-bond donors (Lipinski definition) is 1. The molecule has 1 rings (SSSR count). The maximum atomic E-state index is 12.7. The number of aliphatic hydroxyl groups excluding tert-OH is 1. The van der Waals surface area contributed by atoms with E-state index in [1.54, 1.807) is 13.0 Å². The van der Waals surface area contributed by atoms with Crippen molar-refractivity contribution in [3.63, 3.8) is 0 Å². The van der Waals surface area contributed by atoms with Gasteiger partial charge in [-0.05, 0) is 30.2 Å². The Morgan fingerprint density at radius 1 is 1.58 bits per heavy atom. The van der Waals surface area contributed by atoms with Gasteiger partial charge in [0.25, 0.3) is 0 Å². The van der Waals surface area contributed by atoms with Gasteiger partial charge in [-0.2, -0.15) is 0 Å². The molecule has 0 spiro atoms. The standard InChI is InChI=1S/C10H9FO/c1-3-10(12)8-4-5-9(11)7(2)6-8/h1,4-6,10,12H,2H3/t10-/m1/s1. The second kappa shape index (κ2) is 3.38. The Kier molecular flexibility index (Phi) is 2.47. The molecule has 0 amide bonds. The first-order chi connectivity index (χ1) is 5.65. The third-order valence-electron chi connectivity index (χ3n) is 1.66. The van der Waals surface area contributed by atoms with Crippen LogP contribution in [-0.2, 0) is 0 Å². The fraction of sp³-hybridized carbons (Fsp3) is 0.200. The van der Waals surface area contributed by atoms with Crippen molar-refractivity contribution in [1.29, 1.82) is 0 Å². The summed E-state index contributed by atoms with van der Waals surface area (Å²) in [5, 5.41) is 9.19. The number of rotatable bonds is 1. The van der Waals surface area contributed by atoms with Gasteiger partial charge in [0.1, 0.15) is 11.9 Å². The van der Waals surface area contributed by atoms with Crippen LogP contribution in [0.2, 0.25) is 0 Å². The van der Waals surface area contributed by atoms with Crippen molar-refractivity contribution in [3.05, 3.63) is 35.1 Å². The van der Waals surface area contributed by atoms with Crippen LogP contribution in [0.5, 0.6) is 0 Å². The molecule has 0 bridgehead atoms. The van der Waals surface area contributed by atoms with E-state index in [2.05, 4.69) is 5.92 Å². The second-order valence-corrected chi connectivity index (χ2v) is 2.58. The Bertz CT molecular complexity index is 325. The average Bonchev–Trinajstić information content (AvgIpc) is 2.08. The normalized spacial score (nSPS) is 12.2. The van der Waals surface area contributed by atoms with Crippen molar-refractivity contribution in [1.82, 2.24) is 0 Å². The van der Waals surface area contributed by atoms with Gasteiger partial charge in [0, 0.05) is 0 Å². The van der Waals surface area contributed by atoms with Crippen LogP contribution < -0.4 is 0 Å². The van der Waals surface area contributed by atoms with Gasteiger partial charge < -0.3 is 5.11 Å². The van der Waals surface area contributed by atoms with Gasteiger partial charge in [0.2, 0.25) is 0 Å². The summed E-state index contributed by atoms with van der Waals surface area (Å²) in [6.07, 6.45) is 4.06. The number of aryl methyl sites for hydroxylation is 1. The molecule has 1 aromatic rings. The third kappa shape index (κ3) is 1.63. The van der Waals surface area contributed by atoms with Crippen LogP contribution in [-0.4, -0.2) is 5.11 Å². The van der Waals surface area contributed by atoms with Gasteiger partial charge in [-0.25, -0.2) is 4.39 Å². The lowest BCUT2D eigenvalue weighted by Crippen LogP contribution is -1.94. The van der Waals surface area contributed by atoms with Crippen LogP contribution in [0.25, 0.3) is 0 Å². The Labute approximate surface area is 70.9 Å². The van der Waals surface area contributed by atoms with E-state index < -0.39 is 6.10 Å². The fourth-order valence-electron chi connectivity index (χ4n) is 0.934. The highest BCUT2D eigenvalue weighted by Gasteiger charge is 2.04. The third-order valence-corrected chi connectivity index (χ3v) is 1.66. The van der Waals surface area contributed by atoms with Crippen molar-refractivity contribution < 1.29 is 9.50 Å². The van der Waals surface area contributed by atoms with Gasteiger partial charge in [0.05, 0.1) is 0 Å². The van der Waals surface area contributed by atoms with Gasteiger partial charge >= 0.3 is 0 Å². The van der Waals surface area contributed by atoms with Crippen molar-refractivity contribution in [2.24, 2.45) is 0 Å².